The van der Waals surface area contributed by atoms with Crippen LogP contribution >= 0.6 is 0 Å². The third-order valence-electron chi connectivity index (χ3n) is 18.3. The highest BCUT2D eigenvalue weighted by molar-refractivity contribution is 7.94. The van der Waals surface area contributed by atoms with Crippen LogP contribution in [0.2, 0.25) is 0 Å². The Kier molecular flexibility index (Phi) is 19.9. The first-order valence-electron chi connectivity index (χ1n) is 31.0. The number of ether oxygens (including phenoxy) is 1. The summed E-state index contributed by atoms with van der Waals surface area (Å²) < 4.78 is 42.3. The number of methoxy groups -OCH3 is 1. The van der Waals surface area contributed by atoms with Crippen molar-refractivity contribution in [1.82, 2.24) is 39.8 Å². The molecule has 14 heterocycles. The second kappa shape index (κ2) is 26.3. The standard InChI is InChI=1S/C11H14N2O2.C11H14N2O.C10H12N2O.2C10H14N2.C9H12N2O2S.C9H12N2OS/c1-11(2)7-13(10(14)15-3)8-5-4-6-12-9(8)11;1-8(14)13-7-11(2,3)10-9(13)5-4-6-12-10;1-10(2)8-7(5-4-6-11-8)12(3)9(10)13;1-10(2)7-12(3)8-5-4-6-11-9(8)10;1-10(2)9-8(7-12(10)3)5-4-6-11-9;1-9(2)8-7(5-4-6-10-8)11(3)14(9,12)13;1-9(2)8-7(5-4-6-10-8)11(3)13(9)12/h4-6H,7H2,1-3H3;4-6H,7H2,1-3H3;4-6H,1-3H3;2*4-6H,7H2,1-3H3;4-6H,1-3H3;4-6H,1-3H3. The Hall–Kier alpha value is -8.28. The van der Waals surface area contributed by atoms with Crippen molar-refractivity contribution >= 4 is 73.0 Å². The quantitative estimate of drug-likeness (QED) is 0.138. The monoisotopic (exact) mass is 1300 g/mol. The first kappa shape index (κ1) is 70.6. The number of amides is 3. The van der Waals surface area contributed by atoms with E-state index in [1.807, 2.05) is 108 Å². The van der Waals surface area contributed by atoms with Crippen LogP contribution in [-0.2, 0) is 78.6 Å². The van der Waals surface area contributed by atoms with E-state index in [9.17, 15) is 27.0 Å². The van der Waals surface area contributed by atoms with Gasteiger partial charge in [-0.3, -0.25) is 62.9 Å². The molecule has 0 aliphatic carbocycles. The molecular formula is C70H92N14O7S2. The maximum absolute atomic E-state index is 12.0. The molecule has 3 amide bonds. The number of anilines is 6. The lowest BCUT2D eigenvalue weighted by Gasteiger charge is -2.27. The number of fused-ring (bicyclic) bond motifs is 7. The average molecular weight is 1310 g/mol. The Morgan fingerprint density at radius 3 is 1.35 bits per heavy atom. The van der Waals surface area contributed by atoms with Gasteiger partial charge in [0.15, 0.2) is 0 Å². The van der Waals surface area contributed by atoms with Gasteiger partial charge in [0.2, 0.25) is 21.8 Å². The molecule has 21 nitrogen and oxygen atoms in total. The van der Waals surface area contributed by atoms with Gasteiger partial charge >= 0.3 is 6.09 Å². The van der Waals surface area contributed by atoms with Crippen LogP contribution in [-0.4, -0.2) is 132 Å². The fourth-order valence-electron chi connectivity index (χ4n) is 12.8. The van der Waals surface area contributed by atoms with Gasteiger partial charge in [-0.1, -0.05) is 47.6 Å². The molecule has 0 fully saturated rings. The Morgan fingerprint density at radius 2 is 0.892 bits per heavy atom. The molecule has 0 bridgehead atoms. The summed E-state index contributed by atoms with van der Waals surface area (Å²) in [4.78, 5) is 74.6. The van der Waals surface area contributed by atoms with E-state index in [0.29, 0.717) is 17.9 Å². The van der Waals surface area contributed by atoms with Crippen molar-refractivity contribution in [3.63, 3.8) is 0 Å². The Balaban J connectivity index is 0.000000140. The van der Waals surface area contributed by atoms with Gasteiger partial charge < -0.3 is 19.4 Å². The second-order valence-electron chi connectivity index (χ2n) is 28.1. The summed E-state index contributed by atoms with van der Waals surface area (Å²) in [6.45, 7) is 33.4. The summed E-state index contributed by atoms with van der Waals surface area (Å²) in [5.74, 6) is 0.200. The van der Waals surface area contributed by atoms with Crippen LogP contribution in [0.4, 0.5) is 38.9 Å². The minimum absolute atomic E-state index is 0.0255. The number of nitrogens with zero attached hydrogens (tertiary/aromatic N) is 14. The fraction of sp³-hybridized carbons (Fsp3) is 0.457. The van der Waals surface area contributed by atoms with Crippen LogP contribution < -0.4 is 28.2 Å². The number of pyridine rings is 7. The highest BCUT2D eigenvalue weighted by Crippen LogP contribution is 2.46. The van der Waals surface area contributed by atoms with Crippen LogP contribution in [0.25, 0.3) is 0 Å². The summed E-state index contributed by atoms with van der Waals surface area (Å²) in [7, 11) is 6.55. The number of rotatable bonds is 0. The van der Waals surface area contributed by atoms with Gasteiger partial charge in [0.1, 0.15) is 20.5 Å². The first-order chi connectivity index (χ1) is 43.3. The molecule has 0 spiro atoms. The predicted molar refractivity (Wildman–Crippen MR) is 371 cm³/mol. The highest BCUT2D eigenvalue weighted by Gasteiger charge is 2.50. The molecule has 0 radical (unpaired) electrons. The molecule has 0 saturated carbocycles. The maximum atomic E-state index is 12.0. The first-order valence-corrected chi connectivity index (χ1v) is 33.5. The highest BCUT2D eigenvalue weighted by atomic mass is 32.2. The smallest absolute Gasteiger partial charge is 0.414 e. The minimum atomic E-state index is -3.29. The van der Waals surface area contributed by atoms with E-state index in [4.69, 9.17) is 4.74 Å². The number of carbonyl (C=O) groups excluding carboxylic acids is 3. The molecular weight excluding hydrogens is 1210 g/mol. The third kappa shape index (κ3) is 13.3. The molecule has 496 valence electrons. The molecule has 1 unspecified atom stereocenters. The van der Waals surface area contributed by atoms with Gasteiger partial charge in [-0.25, -0.2) is 17.4 Å². The van der Waals surface area contributed by atoms with Crippen molar-refractivity contribution < 1.29 is 31.7 Å². The Morgan fingerprint density at radius 1 is 0.495 bits per heavy atom. The van der Waals surface area contributed by atoms with E-state index < -0.39 is 31.2 Å². The van der Waals surface area contributed by atoms with E-state index in [-0.39, 0.29) is 44.4 Å². The average Bonchev–Trinajstić information content (AvgIpc) is 1.57. The number of hydrogen-bond donors (Lipinski definition) is 0. The second-order valence-corrected chi connectivity index (χ2v) is 32.6. The van der Waals surface area contributed by atoms with Crippen molar-refractivity contribution in [2.75, 3.05) is 90.2 Å². The molecule has 1 atom stereocenters. The third-order valence-corrected chi connectivity index (χ3v) is 22.4. The largest absolute Gasteiger partial charge is 0.452 e. The maximum Gasteiger partial charge on any atom is 0.414 e. The Labute approximate surface area is 552 Å². The molecule has 14 rings (SSSR count). The normalized spacial score (nSPS) is 20.1. The zero-order valence-corrected chi connectivity index (χ0v) is 59.5. The van der Waals surface area contributed by atoms with Gasteiger partial charge in [-0.15, -0.1) is 0 Å². The van der Waals surface area contributed by atoms with Crippen molar-refractivity contribution in [3.05, 3.63) is 174 Å². The molecule has 7 aliphatic rings. The van der Waals surface area contributed by atoms with Crippen LogP contribution in [0.1, 0.15) is 149 Å². The summed E-state index contributed by atoms with van der Waals surface area (Å²) in [5, 5.41) is 0. The van der Waals surface area contributed by atoms with Gasteiger partial charge in [0.25, 0.3) is 0 Å². The van der Waals surface area contributed by atoms with E-state index in [1.54, 1.807) is 97.0 Å². The van der Waals surface area contributed by atoms with Crippen LogP contribution in [0.3, 0.4) is 0 Å². The number of sulfonamides is 1. The summed E-state index contributed by atoms with van der Waals surface area (Å²) in [6.07, 6.45) is 12.1. The van der Waals surface area contributed by atoms with Gasteiger partial charge in [-0.2, -0.15) is 0 Å². The van der Waals surface area contributed by atoms with Gasteiger partial charge in [0.05, 0.1) is 92.0 Å². The predicted octanol–water partition coefficient (Wildman–Crippen LogP) is 11.1. The minimum Gasteiger partial charge on any atom is -0.452 e. The zero-order valence-electron chi connectivity index (χ0n) is 57.9. The molecule has 23 heteroatoms. The molecule has 7 aromatic rings. The lowest BCUT2D eigenvalue weighted by Crippen LogP contribution is -2.33. The van der Waals surface area contributed by atoms with Crippen molar-refractivity contribution in [2.45, 2.75) is 147 Å². The Bertz CT molecular complexity index is 4010. The lowest BCUT2D eigenvalue weighted by molar-refractivity contribution is -0.122. The molecule has 7 aromatic heterocycles. The van der Waals surface area contributed by atoms with Crippen molar-refractivity contribution in [3.8, 4) is 0 Å². The number of likely N-dealkylation sites (N-methyl/N-ethyl adjacent to an activating group) is 2. The van der Waals surface area contributed by atoms with E-state index in [0.717, 1.165) is 65.2 Å². The van der Waals surface area contributed by atoms with E-state index in [2.05, 4.69) is 126 Å². The lowest BCUT2D eigenvalue weighted by atomic mass is 9.90. The van der Waals surface area contributed by atoms with Crippen LogP contribution in [0.5, 0.6) is 0 Å². The SMILES string of the molecule is CC(=O)N1CC(C)(C)c2ncccc21.CN1C(=O)C(C)(C)c2ncccc21.CN1CC(C)(C)c2ncccc21.CN1Cc2cccnc2C1(C)C.CN1c2cccnc2C(C)(C)S1(=O)=O.CN1c2cccnc2C(C)(C)S1=O.COC(=O)N1CC(C)(C)c2ncccc21. The van der Waals surface area contributed by atoms with Gasteiger partial charge in [0, 0.05) is 121 Å². The number of carbonyl (C=O) groups is 3. The fourth-order valence-corrected chi connectivity index (χ4v) is 15.6. The summed E-state index contributed by atoms with van der Waals surface area (Å²) in [6, 6.07) is 27.0. The zero-order chi connectivity index (χ0) is 68.8. The number of aromatic nitrogens is 7. The van der Waals surface area contributed by atoms with Crippen LogP contribution in [0, 0.1) is 0 Å². The van der Waals surface area contributed by atoms with E-state index >= 15 is 0 Å². The van der Waals surface area contributed by atoms with Crippen LogP contribution in [0.15, 0.2) is 128 Å². The van der Waals surface area contributed by atoms with Crippen molar-refractivity contribution in [2.24, 2.45) is 0 Å². The molecule has 0 N–H and O–H groups in total. The van der Waals surface area contributed by atoms with Crippen molar-refractivity contribution in [1.29, 1.82) is 0 Å². The molecule has 7 aliphatic heterocycles. The number of hydrogen-bond acceptors (Lipinski definition) is 16. The summed E-state index contributed by atoms with van der Waals surface area (Å²) in [5.41, 5.74) is 13.6. The summed E-state index contributed by atoms with van der Waals surface area (Å²) >= 11 is 0. The molecule has 0 saturated heterocycles. The topological polar surface area (TPSA) is 225 Å². The van der Waals surface area contributed by atoms with Gasteiger partial charge in [-0.05, 0) is 147 Å². The molecule has 0 aromatic carbocycles. The van der Waals surface area contributed by atoms with E-state index in [1.165, 1.54) is 34.1 Å². The molecule has 93 heavy (non-hydrogen) atoms.